The van der Waals surface area contributed by atoms with Gasteiger partial charge in [-0.05, 0) is 48.7 Å². The van der Waals surface area contributed by atoms with Crippen molar-refractivity contribution in [1.29, 1.82) is 0 Å². The van der Waals surface area contributed by atoms with Crippen molar-refractivity contribution in [2.45, 2.75) is 51.2 Å². The third kappa shape index (κ3) is 3.10. The molecule has 3 rings (SSSR count). The third-order valence-electron chi connectivity index (χ3n) is 4.09. The van der Waals surface area contributed by atoms with E-state index < -0.39 is 5.60 Å². The highest BCUT2D eigenvalue weighted by Gasteiger charge is 2.30. The standard InChI is InChI=1S/C15H19FN4O/c1-11-9-12(5-6-13(11)16)14-17-19-20(18-14)10-15(21)7-3-2-4-8-15/h5-6,9,21H,2-4,7-8,10H2,1H3. The Morgan fingerprint density at radius 2 is 2.05 bits per heavy atom. The van der Waals surface area contributed by atoms with E-state index in [1.54, 1.807) is 19.1 Å². The summed E-state index contributed by atoms with van der Waals surface area (Å²) in [5.74, 6) is 0.208. The quantitative estimate of drug-likeness (QED) is 0.943. The molecule has 6 heteroatoms. The average Bonchev–Trinajstić information content (AvgIpc) is 2.90. The highest BCUT2D eigenvalue weighted by atomic mass is 19.1. The fourth-order valence-corrected chi connectivity index (χ4v) is 2.84. The van der Waals surface area contributed by atoms with Gasteiger partial charge in [-0.1, -0.05) is 19.3 Å². The van der Waals surface area contributed by atoms with E-state index in [2.05, 4.69) is 15.4 Å². The maximum absolute atomic E-state index is 13.3. The largest absolute Gasteiger partial charge is 0.388 e. The van der Waals surface area contributed by atoms with Crippen molar-refractivity contribution in [3.05, 3.63) is 29.6 Å². The zero-order valence-corrected chi connectivity index (χ0v) is 12.1. The molecular formula is C15H19FN4O. The molecule has 1 aliphatic rings. The molecule has 1 aliphatic carbocycles. The predicted octanol–water partition coefficient (Wildman–Crippen LogP) is 2.48. The average molecular weight is 290 g/mol. The molecule has 1 aromatic heterocycles. The third-order valence-corrected chi connectivity index (χ3v) is 4.09. The number of aryl methyl sites for hydroxylation is 1. The molecular weight excluding hydrogens is 271 g/mol. The summed E-state index contributed by atoms with van der Waals surface area (Å²) in [7, 11) is 0. The highest BCUT2D eigenvalue weighted by Crippen LogP contribution is 2.29. The summed E-state index contributed by atoms with van der Waals surface area (Å²) in [6, 6.07) is 4.74. The summed E-state index contributed by atoms with van der Waals surface area (Å²) in [6.45, 7) is 2.06. The molecule has 1 aromatic carbocycles. The Morgan fingerprint density at radius 1 is 1.29 bits per heavy atom. The monoisotopic (exact) mass is 290 g/mol. The van der Waals surface area contributed by atoms with Gasteiger partial charge in [-0.15, -0.1) is 10.2 Å². The Kier molecular flexibility index (Phi) is 3.71. The van der Waals surface area contributed by atoms with Crippen molar-refractivity contribution in [2.24, 2.45) is 0 Å². The van der Waals surface area contributed by atoms with Crippen LogP contribution in [0.25, 0.3) is 11.4 Å². The van der Waals surface area contributed by atoms with Gasteiger partial charge in [0.1, 0.15) is 5.82 Å². The maximum Gasteiger partial charge on any atom is 0.204 e. The Labute approximate surface area is 122 Å². The number of tetrazole rings is 1. The van der Waals surface area contributed by atoms with Crippen molar-refractivity contribution < 1.29 is 9.50 Å². The molecule has 2 aromatic rings. The molecule has 1 fully saturated rings. The number of nitrogens with zero attached hydrogens (tertiary/aromatic N) is 4. The highest BCUT2D eigenvalue weighted by molar-refractivity contribution is 5.55. The Balaban J connectivity index is 1.78. The SMILES string of the molecule is Cc1cc(-c2nnn(CC3(O)CCCCC3)n2)ccc1F. The van der Waals surface area contributed by atoms with Crippen LogP contribution in [0.3, 0.4) is 0 Å². The summed E-state index contributed by atoms with van der Waals surface area (Å²) < 4.78 is 13.3. The Morgan fingerprint density at radius 3 is 2.76 bits per heavy atom. The number of halogens is 1. The first kappa shape index (κ1) is 14.1. The minimum Gasteiger partial charge on any atom is -0.388 e. The van der Waals surface area contributed by atoms with Gasteiger partial charge in [-0.3, -0.25) is 0 Å². The molecule has 5 nitrogen and oxygen atoms in total. The van der Waals surface area contributed by atoms with Crippen LogP contribution in [-0.4, -0.2) is 30.9 Å². The van der Waals surface area contributed by atoms with Gasteiger partial charge in [0.05, 0.1) is 12.1 Å². The lowest BCUT2D eigenvalue weighted by molar-refractivity contribution is -0.0179. The molecule has 0 aliphatic heterocycles. The first-order chi connectivity index (χ1) is 10.1. The molecule has 0 bridgehead atoms. The second-order valence-corrected chi connectivity index (χ2v) is 5.89. The van der Waals surface area contributed by atoms with Crippen molar-refractivity contribution in [2.75, 3.05) is 0 Å². The number of aromatic nitrogens is 4. The van der Waals surface area contributed by atoms with Gasteiger partial charge in [-0.2, -0.15) is 4.80 Å². The molecule has 0 spiro atoms. The van der Waals surface area contributed by atoms with Gasteiger partial charge < -0.3 is 5.11 Å². The van der Waals surface area contributed by atoms with Crippen LogP contribution in [0.1, 0.15) is 37.7 Å². The molecule has 0 amide bonds. The van der Waals surface area contributed by atoms with E-state index in [9.17, 15) is 9.50 Å². The van der Waals surface area contributed by atoms with Crippen LogP contribution in [-0.2, 0) is 6.54 Å². The van der Waals surface area contributed by atoms with Gasteiger partial charge in [-0.25, -0.2) is 4.39 Å². The number of hydrogen-bond acceptors (Lipinski definition) is 4. The molecule has 1 N–H and O–H groups in total. The van der Waals surface area contributed by atoms with Gasteiger partial charge in [0.15, 0.2) is 0 Å². The number of aliphatic hydroxyl groups is 1. The molecule has 0 atom stereocenters. The molecule has 112 valence electrons. The lowest BCUT2D eigenvalue weighted by Crippen LogP contribution is -2.37. The van der Waals surface area contributed by atoms with Gasteiger partial charge in [0, 0.05) is 5.56 Å². The van der Waals surface area contributed by atoms with Crippen molar-refractivity contribution in [3.63, 3.8) is 0 Å². The van der Waals surface area contributed by atoms with Gasteiger partial charge in [0.2, 0.25) is 5.82 Å². The van der Waals surface area contributed by atoms with E-state index >= 15 is 0 Å². The molecule has 0 radical (unpaired) electrons. The minimum atomic E-state index is -0.727. The lowest BCUT2D eigenvalue weighted by atomic mass is 9.85. The summed E-state index contributed by atoms with van der Waals surface area (Å²) in [5.41, 5.74) is 0.556. The van der Waals surface area contributed by atoms with E-state index in [1.165, 1.54) is 17.3 Å². The normalized spacial score (nSPS) is 17.9. The minimum absolute atomic E-state index is 0.248. The van der Waals surface area contributed by atoms with Crippen LogP contribution in [0.2, 0.25) is 0 Å². The number of rotatable bonds is 3. The fraction of sp³-hybridized carbons (Fsp3) is 0.533. The van der Waals surface area contributed by atoms with Crippen molar-refractivity contribution in [1.82, 2.24) is 20.2 Å². The van der Waals surface area contributed by atoms with Crippen molar-refractivity contribution in [3.8, 4) is 11.4 Å². The maximum atomic E-state index is 13.3. The fourth-order valence-electron chi connectivity index (χ4n) is 2.84. The number of benzene rings is 1. The predicted molar refractivity (Wildman–Crippen MR) is 76.0 cm³/mol. The van der Waals surface area contributed by atoms with Crippen LogP contribution in [0.4, 0.5) is 4.39 Å². The summed E-state index contributed by atoms with van der Waals surface area (Å²) in [4.78, 5) is 1.44. The van der Waals surface area contributed by atoms with Gasteiger partial charge >= 0.3 is 0 Å². The number of hydrogen-bond donors (Lipinski definition) is 1. The van der Waals surface area contributed by atoms with E-state index in [0.717, 1.165) is 31.2 Å². The molecule has 1 saturated carbocycles. The first-order valence-electron chi connectivity index (χ1n) is 7.32. The molecule has 1 heterocycles. The summed E-state index contributed by atoms with van der Waals surface area (Å²) >= 11 is 0. The molecule has 0 unspecified atom stereocenters. The Hall–Kier alpha value is -1.82. The zero-order valence-electron chi connectivity index (χ0n) is 12.1. The first-order valence-corrected chi connectivity index (χ1v) is 7.32. The Bertz CT molecular complexity index is 634. The topological polar surface area (TPSA) is 63.8 Å². The zero-order chi connectivity index (χ0) is 14.9. The van der Waals surface area contributed by atoms with E-state index in [4.69, 9.17) is 0 Å². The van der Waals surface area contributed by atoms with Crippen LogP contribution in [0.15, 0.2) is 18.2 Å². The summed E-state index contributed by atoms with van der Waals surface area (Å²) in [6.07, 6.45) is 4.80. The second-order valence-electron chi connectivity index (χ2n) is 5.89. The lowest BCUT2D eigenvalue weighted by Gasteiger charge is -2.30. The second kappa shape index (κ2) is 5.52. The van der Waals surface area contributed by atoms with E-state index in [1.807, 2.05) is 0 Å². The smallest absolute Gasteiger partial charge is 0.204 e. The molecule has 0 saturated heterocycles. The van der Waals surface area contributed by atoms with Crippen LogP contribution in [0, 0.1) is 12.7 Å². The van der Waals surface area contributed by atoms with Crippen molar-refractivity contribution >= 4 is 0 Å². The van der Waals surface area contributed by atoms with E-state index in [0.29, 0.717) is 17.9 Å². The van der Waals surface area contributed by atoms with E-state index in [-0.39, 0.29) is 5.82 Å². The summed E-state index contributed by atoms with van der Waals surface area (Å²) in [5, 5.41) is 22.8. The van der Waals surface area contributed by atoms with Gasteiger partial charge in [0.25, 0.3) is 0 Å². The molecule has 21 heavy (non-hydrogen) atoms. The van der Waals surface area contributed by atoms with Crippen LogP contribution >= 0.6 is 0 Å². The van der Waals surface area contributed by atoms with Crippen LogP contribution in [0.5, 0.6) is 0 Å². The van der Waals surface area contributed by atoms with Crippen LogP contribution < -0.4 is 0 Å².